The topological polar surface area (TPSA) is 72.2 Å². The van der Waals surface area contributed by atoms with E-state index in [1.165, 1.54) is 6.08 Å². The van der Waals surface area contributed by atoms with Crippen LogP contribution in [0.15, 0.2) is 48.2 Å². The second-order valence-electron chi connectivity index (χ2n) is 4.84. The van der Waals surface area contributed by atoms with E-state index in [-0.39, 0.29) is 12.2 Å². The summed E-state index contributed by atoms with van der Waals surface area (Å²) in [5.41, 5.74) is 2.36. The normalized spacial score (nSPS) is 10.7. The molecule has 0 aliphatic rings. The molecular formula is C18H16N2O3. The second-order valence-corrected chi connectivity index (χ2v) is 4.84. The number of esters is 1. The number of methoxy groups -OCH3 is 1. The molecular weight excluding hydrogens is 292 g/mol. The van der Waals surface area contributed by atoms with Crippen LogP contribution in [-0.2, 0) is 16.1 Å². The van der Waals surface area contributed by atoms with Crippen molar-refractivity contribution in [1.29, 1.82) is 5.26 Å². The number of rotatable bonds is 5. The first-order valence-electron chi connectivity index (χ1n) is 6.97. The van der Waals surface area contributed by atoms with Crippen molar-refractivity contribution >= 4 is 12.0 Å². The van der Waals surface area contributed by atoms with Crippen LogP contribution < -0.4 is 4.74 Å². The van der Waals surface area contributed by atoms with E-state index < -0.39 is 5.97 Å². The summed E-state index contributed by atoms with van der Waals surface area (Å²) < 4.78 is 10.2. The molecule has 0 radical (unpaired) electrons. The lowest BCUT2D eigenvalue weighted by Crippen LogP contribution is -2.07. The Morgan fingerprint density at radius 3 is 2.70 bits per heavy atom. The molecule has 0 bridgehead atoms. The molecule has 0 fully saturated rings. The molecule has 23 heavy (non-hydrogen) atoms. The number of carbonyl (C=O) groups excluding carboxylic acids is 1. The number of aromatic nitrogens is 1. The summed E-state index contributed by atoms with van der Waals surface area (Å²) in [5, 5.41) is 9.14. The molecule has 0 saturated heterocycles. The lowest BCUT2D eigenvalue weighted by molar-refractivity contribution is -0.139. The summed E-state index contributed by atoms with van der Waals surface area (Å²) in [6.07, 6.45) is 3.07. The monoisotopic (exact) mass is 308 g/mol. The predicted molar refractivity (Wildman–Crippen MR) is 85.4 cm³/mol. The fourth-order valence-electron chi connectivity index (χ4n) is 1.85. The van der Waals surface area contributed by atoms with Gasteiger partial charge in [-0.05, 0) is 24.6 Å². The van der Waals surface area contributed by atoms with E-state index in [0.29, 0.717) is 11.4 Å². The third-order valence-corrected chi connectivity index (χ3v) is 3.10. The van der Waals surface area contributed by atoms with Crippen LogP contribution in [0.5, 0.6) is 5.75 Å². The van der Waals surface area contributed by atoms with Crippen LogP contribution in [0.2, 0.25) is 0 Å². The molecule has 2 aromatic rings. The van der Waals surface area contributed by atoms with Crippen molar-refractivity contribution in [3.05, 3.63) is 65.0 Å². The number of hydrogen-bond acceptors (Lipinski definition) is 5. The molecule has 5 nitrogen and oxygen atoms in total. The van der Waals surface area contributed by atoms with Crippen LogP contribution in [-0.4, -0.2) is 18.1 Å². The number of benzene rings is 1. The minimum atomic E-state index is -0.683. The van der Waals surface area contributed by atoms with Crippen LogP contribution in [0.3, 0.4) is 0 Å². The van der Waals surface area contributed by atoms with Gasteiger partial charge < -0.3 is 9.47 Å². The average Bonchev–Trinajstić information content (AvgIpc) is 2.59. The van der Waals surface area contributed by atoms with Crippen molar-refractivity contribution in [2.24, 2.45) is 0 Å². The average molecular weight is 308 g/mol. The maximum absolute atomic E-state index is 12.0. The lowest BCUT2D eigenvalue weighted by atomic mass is 10.1. The van der Waals surface area contributed by atoms with Crippen molar-refractivity contribution in [3.8, 4) is 11.8 Å². The molecule has 2 rings (SSSR count). The number of nitrogens with zero attached hydrogens (tertiary/aromatic N) is 2. The van der Waals surface area contributed by atoms with Crippen LogP contribution >= 0.6 is 0 Å². The Labute approximate surface area is 134 Å². The summed E-state index contributed by atoms with van der Waals surface area (Å²) in [6, 6.07) is 12.7. The molecule has 0 N–H and O–H groups in total. The predicted octanol–water partition coefficient (Wildman–Crippen LogP) is 3.05. The van der Waals surface area contributed by atoms with Crippen LogP contribution in [0.1, 0.15) is 16.8 Å². The highest BCUT2D eigenvalue weighted by molar-refractivity contribution is 5.97. The van der Waals surface area contributed by atoms with Crippen molar-refractivity contribution < 1.29 is 14.3 Å². The molecule has 5 heteroatoms. The summed E-state index contributed by atoms with van der Waals surface area (Å²) in [7, 11) is 1.54. The minimum absolute atomic E-state index is 0.0249. The third-order valence-electron chi connectivity index (χ3n) is 3.10. The molecule has 0 amide bonds. The second kappa shape index (κ2) is 7.76. The van der Waals surface area contributed by atoms with E-state index in [9.17, 15) is 4.79 Å². The van der Waals surface area contributed by atoms with Gasteiger partial charge in [0.1, 0.15) is 24.0 Å². The number of nitriles is 1. The molecule has 1 aromatic heterocycles. The van der Waals surface area contributed by atoms with Gasteiger partial charge in [-0.1, -0.05) is 29.8 Å². The van der Waals surface area contributed by atoms with E-state index >= 15 is 0 Å². The van der Waals surface area contributed by atoms with Gasteiger partial charge in [-0.3, -0.25) is 4.98 Å². The quantitative estimate of drug-likeness (QED) is 0.482. The Bertz CT molecular complexity index is 759. The molecule has 1 aromatic carbocycles. The van der Waals surface area contributed by atoms with Gasteiger partial charge in [0.2, 0.25) is 0 Å². The number of aryl methyl sites for hydroxylation is 1. The summed E-state index contributed by atoms with van der Waals surface area (Å²) in [6.45, 7) is 1.94. The first kappa shape index (κ1) is 16.2. The highest BCUT2D eigenvalue weighted by Crippen LogP contribution is 2.13. The van der Waals surface area contributed by atoms with Gasteiger partial charge in [0.15, 0.2) is 0 Å². The number of hydrogen-bond donors (Lipinski definition) is 0. The molecule has 0 atom stereocenters. The summed E-state index contributed by atoms with van der Waals surface area (Å²) in [5.74, 6) is -0.0561. The van der Waals surface area contributed by atoms with E-state index in [1.54, 1.807) is 25.4 Å². The Balaban J connectivity index is 2.05. The molecule has 0 saturated carbocycles. The molecule has 0 aliphatic heterocycles. The van der Waals surface area contributed by atoms with Crippen LogP contribution in [0.4, 0.5) is 0 Å². The highest BCUT2D eigenvalue weighted by Gasteiger charge is 2.11. The van der Waals surface area contributed by atoms with Crippen LogP contribution in [0, 0.1) is 18.3 Å². The fourth-order valence-corrected chi connectivity index (χ4v) is 1.85. The SMILES string of the molecule is COc1ccnc(COC(=O)/C(C#N)=C/c2ccc(C)cc2)c1. The van der Waals surface area contributed by atoms with Gasteiger partial charge in [0.05, 0.1) is 12.8 Å². The maximum Gasteiger partial charge on any atom is 0.349 e. The van der Waals surface area contributed by atoms with Crippen molar-refractivity contribution in [2.45, 2.75) is 13.5 Å². The number of ether oxygens (including phenoxy) is 2. The zero-order valence-corrected chi connectivity index (χ0v) is 12.9. The Morgan fingerprint density at radius 1 is 1.30 bits per heavy atom. The fraction of sp³-hybridized carbons (Fsp3) is 0.167. The van der Waals surface area contributed by atoms with Crippen LogP contribution in [0.25, 0.3) is 6.08 Å². The Hall–Kier alpha value is -3.13. The zero-order chi connectivity index (χ0) is 16.7. The molecule has 1 heterocycles. The molecule has 0 spiro atoms. The Kier molecular flexibility index (Phi) is 5.48. The van der Waals surface area contributed by atoms with E-state index in [4.69, 9.17) is 14.7 Å². The Morgan fingerprint density at radius 2 is 2.04 bits per heavy atom. The molecule has 0 aliphatic carbocycles. The van der Waals surface area contributed by atoms with Gasteiger partial charge in [0, 0.05) is 12.3 Å². The van der Waals surface area contributed by atoms with E-state index in [0.717, 1.165) is 11.1 Å². The van der Waals surface area contributed by atoms with Gasteiger partial charge in [-0.25, -0.2) is 4.79 Å². The lowest BCUT2D eigenvalue weighted by Gasteiger charge is -2.05. The van der Waals surface area contributed by atoms with Gasteiger partial charge in [-0.2, -0.15) is 5.26 Å². The smallest absolute Gasteiger partial charge is 0.349 e. The summed E-state index contributed by atoms with van der Waals surface area (Å²) in [4.78, 5) is 16.1. The van der Waals surface area contributed by atoms with Gasteiger partial charge >= 0.3 is 5.97 Å². The molecule has 0 unspecified atom stereocenters. The van der Waals surface area contributed by atoms with Crippen molar-refractivity contribution in [2.75, 3.05) is 7.11 Å². The maximum atomic E-state index is 12.0. The van der Waals surface area contributed by atoms with Crippen molar-refractivity contribution in [1.82, 2.24) is 4.98 Å². The zero-order valence-electron chi connectivity index (χ0n) is 12.9. The first-order chi connectivity index (χ1) is 11.1. The minimum Gasteiger partial charge on any atom is -0.497 e. The largest absolute Gasteiger partial charge is 0.497 e. The summed E-state index contributed by atoms with van der Waals surface area (Å²) >= 11 is 0. The van der Waals surface area contributed by atoms with E-state index in [1.807, 2.05) is 37.3 Å². The highest BCUT2D eigenvalue weighted by atomic mass is 16.5. The standard InChI is InChI=1S/C18H16N2O3/c1-13-3-5-14(6-4-13)9-15(11-19)18(21)23-12-16-10-17(22-2)7-8-20-16/h3-10H,12H2,1-2H3/b15-9+. The number of carbonyl (C=O) groups is 1. The van der Waals surface area contributed by atoms with Gasteiger partial charge in [0.25, 0.3) is 0 Å². The first-order valence-corrected chi connectivity index (χ1v) is 6.97. The van der Waals surface area contributed by atoms with Crippen molar-refractivity contribution in [3.63, 3.8) is 0 Å². The van der Waals surface area contributed by atoms with E-state index in [2.05, 4.69) is 4.98 Å². The number of pyridine rings is 1. The van der Waals surface area contributed by atoms with Gasteiger partial charge in [-0.15, -0.1) is 0 Å². The molecule has 116 valence electrons. The third kappa shape index (κ3) is 4.68.